The minimum atomic E-state index is -1.07. The van der Waals surface area contributed by atoms with Gasteiger partial charge in [0, 0.05) is 12.1 Å². The summed E-state index contributed by atoms with van der Waals surface area (Å²) in [6, 6.07) is 4.65. The number of hydrogen-bond acceptors (Lipinski definition) is 3. The van der Waals surface area contributed by atoms with E-state index in [0.717, 1.165) is 0 Å². The number of carbonyl (C=O) groups is 1. The number of fused-ring (bicyclic) bond motifs is 1. The number of carboxylic acid groups (broad SMARTS) is 1. The van der Waals surface area contributed by atoms with Crippen molar-refractivity contribution in [3.05, 3.63) is 24.0 Å². The van der Waals surface area contributed by atoms with Gasteiger partial charge in [0.1, 0.15) is 5.75 Å². The normalized spacial score (nSPS) is 11.2. The van der Waals surface area contributed by atoms with Gasteiger partial charge in [-0.2, -0.15) is 0 Å². The van der Waals surface area contributed by atoms with Crippen molar-refractivity contribution < 1.29 is 15.0 Å². The lowest BCUT2D eigenvalue weighted by atomic mass is 10.3. The van der Waals surface area contributed by atoms with E-state index in [1.54, 1.807) is 10.6 Å². The number of aromatic carboxylic acids is 1. The van der Waals surface area contributed by atoms with E-state index in [9.17, 15) is 9.90 Å². The van der Waals surface area contributed by atoms with Crippen molar-refractivity contribution in [2.24, 2.45) is 0 Å². The summed E-state index contributed by atoms with van der Waals surface area (Å²) in [6.07, 6.45) is 0. The third-order valence-corrected chi connectivity index (χ3v) is 2.38. The van der Waals surface area contributed by atoms with Crippen LogP contribution in [0.15, 0.2) is 18.2 Å². The van der Waals surface area contributed by atoms with Gasteiger partial charge in [-0.15, -0.1) is 0 Å². The molecule has 84 valence electrons. The van der Waals surface area contributed by atoms with E-state index in [1.807, 2.05) is 13.8 Å². The van der Waals surface area contributed by atoms with Gasteiger partial charge in [0.05, 0.1) is 11.0 Å². The maximum atomic E-state index is 11.0. The number of aromatic nitrogens is 2. The average Bonchev–Trinajstić information content (AvgIpc) is 2.55. The molecule has 1 heterocycles. The first-order chi connectivity index (χ1) is 7.50. The molecule has 0 amide bonds. The Morgan fingerprint density at radius 3 is 2.69 bits per heavy atom. The number of carboxylic acids is 1. The Morgan fingerprint density at radius 2 is 2.12 bits per heavy atom. The minimum Gasteiger partial charge on any atom is -0.508 e. The fourth-order valence-corrected chi connectivity index (χ4v) is 1.76. The van der Waals surface area contributed by atoms with Gasteiger partial charge in [0.2, 0.25) is 5.82 Å². The Bertz CT molecular complexity index is 558. The molecule has 0 atom stereocenters. The summed E-state index contributed by atoms with van der Waals surface area (Å²) in [6.45, 7) is 3.78. The molecule has 0 spiro atoms. The van der Waals surface area contributed by atoms with E-state index in [1.165, 1.54) is 12.1 Å². The molecule has 2 N–H and O–H groups in total. The third-order valence-electron chi connectivity index (χ3n) is 2.38. The van der Waals surface area contributed by atoms with Crippen LogP contribution in [0.2, 0.25) is 0 Å². The molecule has 0 radical (unpaired) electrons. The van der Waals surface area contributed by atoms with Crippen LogP contribution in [-0.4, -0.2) is 25.7 Å². The van der Waals surface area contributed by atoms with Crippen molar-refractivity contribution in [2.75, 3.05) is 0 Å². The number of aromatic hydroxyl groups is 1. The summed E-state index contributed by atoms with van der Waals surface area (Å²) >= 11 is 0. The van der Waals surface area contributed by atoms with Gasteiger partial charge in [0.15, 0.2) is 0 Å². The Morgan fingerprint density at radius 1 is 1.44 bits per heavy atom. The number of phenolic OH excluding ortho intramolecular Hbond substituents is 1. The van der Waals surface area contributed by atoms with E-state index in [2.05, 4.69) is 4.98 Å². The SMILES string of the molecule is CC(C)n1c(C(=O)O)nc2cc(O)ccc21. The largest absolute Gasteiger partial charge is 0.508 e. The number of nitrogens with zero attached hydrogens (tertiary/aromatic N) is 2. The highest BCUT2D eigenvalue weighted by molar-refractivity contribution is 5.90. The van der Waals surface area contributed by atoms with Crippen molar-refractivity contribution in [3.8, 4) is 5.75 Å². The Kier molecular flexibility index (Phi) is 2.30. The first-order valence-electron chi connectivity index (χ1n) is 4.95. The zero-order valence-electron chi connectivity index (χ0n) is 9.01. The standard InChI is InChI=1S/C11H12N2O3/c1-6(2)13-9-4-3-7(14)5-8(9)12-10(13)11(15)16/h3-6,14H,1-2H3,(H,15,16). The van der Waals surface area contributed by atoms with Crippen LogP contribution >= 0.6 is 0 Å². The fraction of sp³-hybridized carbons (Fsp3) is 0.273. The van der Waals surface area contributed by atoms with Crippen LogP contribution in [-0.2, 0) is 0 Å². The summed E-state index contributed by atoms with van der Waals surface area (Å²) in [5, 5.41) is 18.3. The van der Waals surface area contributed by atoms with Crippen molar-refractivity contribution in [2.45, 2.75) is 19.9 Å². The molecule has 0 unspecified atom stereocenters. The van der Waals surface area contributed by atoms with E-state index in [0.29, 0.717) is 11.0 Å². The number of phenols is 1. The Balaban J connectivity index is 2.81. The highest BCUT2D eigenvalue weighted by Crippen LogP contribution is 2.24. The molecule has 1 aromatic carbocycles. The van der Waals surface area contributed by atoms with Crippen molar-refractivity contribution in [1.29, 1.82) is 0 Å². The molecular formula is C11H12N2O3. The number of rotatable bonds is 2. The van der Waals surface area contributed by atoms with Gasteiger partial charge < -0.3 is 14.8 Å². The van der Waals surface area contributed by atoms with Gasteiger partial charge >= 0.3 is 5.97 Å². The van der Waals surface area contributed by atoms with Crippen LogP contribution in [0.25, 0.3) is 11.0 Å². The Hall–Kier alpha value is -2.04. The summed E-state index contributed by atoms with van der Waals surface area (Å²) in [4.78, 5) is 15.0. The molecule has 0 saturated carbocycles. The van der Waals surface area contributed by atoms with Crippen LogP contribution in [0, 0.1) is 0 Å². The number of hydrogen-bond donors (Lipinski definition) is 2. The Labute approximate surface area is 92.0 Å². The molecular weight excluding hydrogens is 208 g/mol. The second-order valence-electron chi connectivity index (χ2n) is 3.88. The van der Waals surface area contributed by atoms with Crippen LogP contribution in [0.1, 0.15) is 30.5 Å². The average molecular weight is 220 g/mol. The van der Waals surface area contributed by atoms with Crippen molar-refractivity contribution >= 4 is 17.0 Å². The molecule has 0 aliphatic rings. The fourth-order valence-electron chi connectivity index (χ4n) is 1.76. The second kappa shape index (κ2) is 3.52. The smallest absolute Gasteiger partial charge is 0.372 e. The number of imidazole rings is 1. The molecule has 1 aromatic heterocycles. The van der Waals surface area contributed by atoms with Gasteiger partial charge in [-0.3, -0.25) is 0 Å². The topological polar surface area (TPSA) is 75.4 Å². The van der Waals surface area contributed by atoms with Gasteiger partial charge in [-0.05, 0) is 26.0 Å². The van der Waals surface area contributed by atoms with Crippen LogP contribution in [0.4, 0.5) is 0 Å². The van der Waals surface area contributed by atoms with Gasteiger partial charge in [-0.1, -0.05) is 0 Å². The first-order valence-corrected chi connectivity index (χ1v) is 4.95. The molecule has 0 saturated heterocycles. The van der Waals surface area contributed by atoms with E-state index >= 15 is 0 Å². The predicted molar refractivity (Wildman–Crippen MR) is 58.7 cm³/mol. The third kappa shape index (κ3) is 1.50. The summed E-state index contributed by atoms with van der Waals surface area (Å²) in [7, 11) is 0. The van der Waals surface area contributed by atoms with Crippen LogP contribution in [0.3, 0.4) is 0 Å². The lowest BCUT2D eigenvalue weighted by Gasteiger charge is -2.10. The summed E-state index contributed by atoms with van der Waals surface area (Å²) in [5.41, 5.74) is 1.20. The van der Waals surface area contributed by atoms with Crippen molar-refractivity contribution in [1.82, 2.24) is 9.55 Å². The summed E-state index contributed by atoms with van der Waals surface area (Å²) in [5.74, 6) is -0.988. The van der Waals surface area contributed by atoms with E-state index in [4.69, 9.17) is 5.11 Å². The lowest BCUT2D eigenvalue weighted by molar-refractivity contribution is 0.0677. The zero-order valence-corrected chi connectivity index (χ0v) is 9.01. The maximum absolute atomic E-state index is 11.0. The molecule has 2 aromatic rings. The van der Waals surface area contributed by atoms with E-state index in [-0.39, 0.29) is 17.6 Å². The minimum absolute atomic E-state index is 0.000595. The molecule has 2 rings (SSSR count). The van der Waals surface area contributed by atoms with Crippen LogP contribution in [0.5, 0.6) is 5.75 Å². The highest BCUT2D eigenvalue weighted by atomic mass is 16.4. The molecule has 16 heavy (non-hydrogen) atoms. The van der Waals surface area contributed by atoms with Crippen LogP contribution < -0.4 is 0 Å². The summed E-state index contributed by atoms with van der Waals surface area (Å²) < 4.78 is 1.64. The second-order valence-corrected chi connectivity index (χ2v) is 3.88. The molecule has 0 aliphatic carbocycles. The van der Waals surface area contributed by atoms with Crippen molar-refractivity contribution in [3.63, 3.8) is 0 Å². The molecule has 0 fully saturated rings. The van der Waals surface area contributed by atoms with Gasteiger partial charge in [-0.25, -0.2) is 9.78 Å². The predicted octanol–water partition coefficient (Wildman–Crippen LogP) is 2.02. The maximum Gasteiger partial charge on any atom is 0.372 e. The number of benzene rings is 1. The molecule has 5 nitrogen and oxygen atoms in total. The molecule has 5 heteroatoms. The molecule has 0 aliphatic heterocycles. The first kappa shape index (κ1) is 10.5. The zero-order chi connectivity index (χ0) is 11.9. The monoisotopic (exact) mass is 220 g/mol. The quantitative estimate of drug-likeness (QED) is 0.811. The van der Waals surface area contributed by atoms with Gasteiger partial charge in [0.25, 0.3) is 0 Å². The molecule has 0 bridgehead atoms. The lowest BCUT2D eigenvalue weighted by Crippen LogP contribution is -2.11. The van der Waals surface area contributed by atoms with E-state index < -0.39 is 5.97 Å². The highest BCUT2D eigenvalue weighted by Gasteiger charge is 2.18.